The van der Waals surface area contributed by atoms with Gasteiger partial charge in [0.1, 0.15) is 10.9 Å². The molecular formula is C31H51BrO2. The van der Waals surface area contributed by atoms with Crippen molar-refractivity contribution >= 4 is 21.9 Å². The molecular weight excluding hydrogens is 484 g/mol. The van der Waals surface area contributed by atoms with Gasteiger partial charge in [0.15, 0.2) is 0 Å². The summed E-state index contributed by atoms with van der Waals surface area (Å²) in [5, 5.41) is 0. The molecule has 194 valence electrons. The molecule has 0 bridgehead atoms. The molecule has 34 heavy (non-hydrogen) atoms. The van der Waals surface area contributed by atoms with E-state index in [1.54, 1.807) is 5.57 Å². The smallest absolute Gasteiger partial charge is 0.319 e. The fraction of sp³-hybridized carbons (Fsp3) is 0.903. The lowest BCUT2D eigenvalue weighted by molar-refractivity contribution is -0.150. The standard InChI is InChI=1S/C31H51BrO2/c1-7-28(32)29(33)34-23-15-17-30(5)22(19-23)11-12-24-26-14-13-25(21(4)10-8-9-20(2)3)31(26,6)18-16-27(24)30/h11,20-21,23-28H,7-10,12-19H2,1-6H3/t21-,23-,24+,25-,26+,27+,28-,30-,31+/m0/s1. The van der Waals surface area contributed by atoms with Crippen LogP contribution >= 0.6 is 15.9 Å². The molecule has 0 radical (unpaired) electrons. The number of esters is 1. The molecule has 0 aromatic carbocycles. The lowest BCUT2D eigenvalue weighted by Crippen LogP contribution is -2.51. The maximum atomic E-state index is 12.4. The van der Waals surface area contributed by atoms with Crippen molar-refractivity contribution in [3.05, 3.63) is 11.6 Å². The van der Waals surface area contributed by atoms with E-state index in [9.17, 15) is 4.79 Å². The fourth-order valence-corrected chi connectivity index (χ4v) is 9.27. The van der Waals surface area contributed by atoms with E-state index in [0.29, 0.717) is 10.8 Å². The van der Waals surface area contributed by atoms with Crippen LogP contribution < -0.4 is 0 Å². The highest BCUT2D eigenvalue weighted by Gasteiger charge is 2.59. The second-order valence-electron chi connectivity index (χ2n) is 13.5. The molecule has 0 aromatic heterocycles. The number of halogens is 1. The van der Waals surface area contributed by atoms with Crippen molar-refractivity contribution in [2.45, 2.75) is 130 Å². The third-order valence-electron chi connectivity index (χ3n) is 11.2. The van der Waals surface area contributed by atoms with E-state index in [4.69, 9.17) is 4.74 Å². The lowest BCUT2D eigenvalue weighted by Gasteiger charge is -2.58. The SMILES string of the molecule is CC[C@H](Br)C(=O)O[C@H]1CC[C@@]2(C)C(=CC[C@@H]3[C@H]4CC[C@@H]([C@@H](C)CCCC(C)C)[C@@]4(C)CC[C@H]32)C1. The molecule has 0 spiro atoms. The summed E-state index contributed by atoms with van der Waals surface area (Å²) in [4.78, 5) is 12.2. The Balaban J connectivity index is 1.43. The Morgan fingerprint density at radius 2 is 1.85 bits per heavy atom. The van der Waals surface area contributed by atoms with Gasteiger partial charge in [0.2, 0.25) is 0 Å². The zero-order valence-electron chi connectivity index (χ0n) is 22.9. The van der Waals surface area contributed by atoms with Crippen molar-refractivity contribution in [1.82, 2.24) is 0 Å². The molecule has 4 aliphatic rings. The van der Waals surface area contributed by atoms with Gasteiger partial charge in [0, 0.05) is 6.42 Å². The van der Waals surface area contributed by atoms with Crippen molar-refractivity contribution in [2.24, 2.45) is 46.3 Å². The van der Waals surface area contributed by atoms with Crippen LogP contribution in [0.3, 0.4) is 0 Å². The Hall–Kier alpha value is -0.310. The molecule has 9 atom stereocenters. The highest BCUT2D eigenvalue weighted by molar-refractivity contribution is 9.10. The second kappa shape index (κ2) is 10.6. The number of allylic oxidation sites excluding steroid dienone is 1. The highest BCUT2D eigenvalue weighted by Crippen LogP contribution is 2.67. The number of rotatable bonds is 8. The van der Waals surface area contributed by atoms with Gasteiger partial charge in [-0.1, -0.05) is 88.4 Å². The molecule has 4 aliphatic carbocycles. The third kappa shape index (κ3) is 4.95. The number of carbonyl (C=O) groups excluding carboxylic acids is 1. The first-order valence-corrected chi connectivity index (χ1v) is 15.6. The van der Waals surface area contributed by atoms with Gasteiger partial charge in [-0.05, 0) is 97.7 Å². The molecule has 0 N–H and O–H groups in total. The lowest BCUT2D eigenvalue weighted by atomic mass is 9.47. The molecule has 2 nitrogen and oxygen atoms in total. The van der Waals surface area contributed by atoms with Gasteiger partial charge in [-0.3, -0.25) is 4.79 Å². The van der Waals surface area contributed by atoms with Crippen LogP contribution in [0.25, 0.3) is 0 Å². The summed E-state index contributed by atoms with van der Waals surface area (Å²) >= 11 is 3.47. The fourth-order valence-electron chi connectivity index (χ4n) is 9.16. The zero-order chi connectivity index (χ0) is 24.7. The Labute approximate surface area is 218 Å². The normalized spacial score (nSPS) is 41.2. The van der Waals surface area contributed by atoms with E-state index >= 15 is 0 Å². The van der Waals surface area contributed by atoms with Gasteiger partial charge in [0.25, 0.3) is 0 Å². The van der Waals surface area contributed by atoms with Crippen LogP contribution in [-0.2, 0) is 9.53 Å². The Kier molecular flexibility index (Phi) is 8.33. The van der Waals surface area contributed by atoms with Crippen LogP contribution in [0.1, 0.15) is 119 Å². The minimum Gasteiger partial charge on any atom is -0.461 e. The molecule has 3 saturated carbocycles. The summed E-state index contributed by atoms with van der Waals surface area (Å²) < 4.78 is 5.92. The van der Waals surface area contributed by atoms with Gasteiger partial charge in [-0.25, -0.2) is 0 Å². The topological polar surface area (TPSA) is 26.3 Å². The zero-order valence-corrected chi connectivity index (χ0v) is 24.5. The summed E-state index contributed by atoms with van der Waals surface area (Å²) in [5.41, 5.74) is 2.49. The molecule has 0 heterocycles. The van der Waals surface area contributed by atoms with Gasteiger partial charge < -0.3 is 4.74 Å². The van der Waals surface area contributed by atoms with Crippen LogP contribution in [0.5, 0.6) is 0 Å². The summed E-state index contributed by atoms with van der Waals surface area (Å²) in [6.45, 7) is 14.6. The molecule has 4 rings (SSSR count). The minimum absolute atomic E-state index is 0.0710. The molecule has 0 saturated heterocycles. The van der Waals surface area contributed by atoms with Crippen LogP contribution in [0, 0.1) is 46.3 Å². The first-order valence-electron chi connectivity index (χ1n) is 14.6. The Morgan fingerprint density at radius 1 is 1.09 bits per heavy atom. The third-order valence-corrected chi connectivity index (χ3v) is 12.2. The Morgan fingerprint density at radius 3 is 2.56 bits per heavy atom. The van der Waals surface area contributed by atoms with Crippen LogP contribution in [0.15, 0.2) is 11.6 Å². The number of alkyl halides is 1. The van der Waals surface area contributed by atoms with Gasteiger partial charge in [-0.2, -0.15) is 0 Å². The van der Waals surface area contributed by atoms with Gasteiger partial charge in [0.05, 0.1) is 0 Å². The summed E-state index contributed by atoms with van der Waals surface area (Å²) in [6, 6.07) is 0. The van der Waals surface area contributed by atoms with Crippen molar-refractivity contribution in [1.29, 1.82) is 0 Å². The number of hydrogen-bond acceptors (Lipinski definition) is 2. The number of hydrogen-bond donors (Lipinski definition) is 0. The largest absolute Gasteiger partial charge is 0.461 e. The average molecular weight is 536 g/mol. The predicted molar refractivity (Wildman–Crippen MR) is 146 cm³/mol. The first-order chi connectivity index (χ1) is 16.1. The second-order valence-corrected chi connectivity index (χ2v) is 14.6. The van der Waals surface area contributed by atoms with E-state index in [1.807, 2.05) is 6.92 Å². The summed E-state index contributed by atoms with van der Waals surface area (Å²) in [7, 11) is 0. The molecule has 0 aliphatic heterocycles. The predicted octanol–water partition coefficient (Wildman–Crippen LogP) is 9.11. The maximum absolute atomic E-state index is 12.4. The van der Waals surface area contributed by atoms with E-state index in [2.05, 4.69) is 56.6 Å². The number of carbonyl (C=O) groups is 1. The van der Waals surface area contributed by atoms with E-state index < -0.39 is 0 Å². The molecule has 3 heteroatoms. The van der Waals surface area contributed by atoms with Crippen molar-refractivity contribution in [3.8, 4) is 0 Å². The van der Waals surface area contributed by atoms with Crippen LogP contribution in [-0.4, -0.2) is 16.9 Å². The first kappa shape index (κ1) is 26.7. The molecule has 0 unspecified atom stereocenters. The van der Waals surface area contributed by atoms with E-state index in [-0.39, 0.29) is 16.9 Å². The van der Waals surface area contributed by atoms with Crippen molar-refractivity contribution in [2.75, 3.05) is 0 Å². The Bertz CT molecular complexity index is 759. The monoisotopic (exact) mass is 534 g/mol. The van der Waals surface area contributed by atoms with Crippen LogP contribution in [0.4, 0.5) is 0 Å². The highest BCUT2D eigenvalue weighted by atomic mass is 79.9. The van der Waals surface area contributed by atoms with Crippen molar-refractivity contribution < 1.29 is 9.53 Å². The van der Waals surface area contributed by atoms with Crippen LogP contribution in [0.2, 0.25) is 0 Å². The average Bonchev–Trinajstić information content (AvgIpc) is 3.15. The number of fused-ring (bicyclic) bond motifs is 5. The summed E-state index contributed by atoms with van der Waals surface area (Å²) in [6.07, 6.45) is 17.9. The molecule has 3 fully saturated rings. The molecule has 0 amide bonds. The van der Waals surface area contributed by atoms with Gasteiger partial charge in [-0.15, -0.1) is 0 Å². The van der Waals surface area contributed by atoms with E-state index in [1.165, 1.54) is 57.8 Å². The van der Waals surface area contributed by atoms with E-state index in [0.717, 1.165) is 54.8 Å². The maximum Gasteiger partial charge on any atom is 0.319 e. The molecule has 0 aromatic rings. The number of ether oxygens (including phenoxy) is 1. The van der Waals surface area contributed by atoms with Crippen molar-refractivity contribution in [3.63, 3.8) is 0 Å². The minimum atomic E-state index is -0.162. The quantitative estimate of drug-likeness (QED) is 0.176. The summed E-state index contributed by atoms with van der Waals surface area (Å²) in [5.74, 6) is 5.18. The van der Waals surface area contributed by atoms with Gasteiger partial charge >= 0.3 is 5.97 Å².